The van der Waals surface area contributed by atoms with E-state index in [4.69, 9.17) is 0 Å². The van der Waals surface area contributed by atoms with Crippen molar-refractivity contribution in [3.63, 3.8) is 0 Å². The summed E-state index contributed by atoms with van der Waals surface area (Å²) in [5, 5.41) is 5.91. The van der Waals surface area contributed by atoms with Crippen LogP contribution in [0.25, 0.3) is 11.0 Å². The number of carbonyl (C=O) groups is 2. The summed E-state index contributed by atoms with van der Waals surface area (Å²) in [6.07, 6.45) is 1.28. The average molecular weight is 344 g/mol. The zero-order chi connectivity index (χ0) is 18.4. The Morgan fingerprint density at radius 2 is 1.88 bits per heavy atom. The van der Waals surface area contributed by atoms with Crippen LogP contribution in [0.4, 0.5) is 0 Å². The number of fused-ring (bicyclic) bond motifs is 1. The molecule has 1 heterocycles. The lowest BCUT2D eigenvalue weighted by molar-refractivity contribution is -0.122. The summed E-state index contributed by atoms with van der Waals surface area (Å²) < 4.78 is 1.89. The molecule has 0 spiro atoms. The fourth-order valence-corrected chi connectivity index (χ4v) is 2.71. The van der Waals surface area contributed by atoms with Gasteiger partial charge in [0.2, 0.25) is 11.8 Å². The zero-order valence-corrected chi connectivity index (χ0v) is 15.5. The van der Waals surface area contributed by atoms with Crippen LogP contribution < -0.4 is 10.6 Å². The summed E-state index contributed by atoms with van der Waals surface area (Å²) in [5.74, 6) is 1.05. The highest BCUT2D eigenvalue weighted by Crippen LogP contribution is 2.21. The molecule has 0 fully saturated rings. The Kier molecular flexibility index (Phi) is 6.56. The van der Waals surface area contributed by atoms with E-state index >= 15 is 0 Å². The van der Waals surface area contributed by atoms with E-state index in [0.29, 0.717) is 24.7 Å². The van der Waals surface area contributed by atoms with Crippen molar-refractivity contribution in [2.24, 2.45) is 5.92 Å². The Bertz CT molecular complexity index is 736. The second kappa shape index (κ2) is 8.65. The first-order valence-electron chi connectivity index (χ1n) is 8.93. The molecule has 1 unspecified atom stereocenters. The first-order chi connectivity index (χ1) is 11.9. The standard InChI is InChI=1S/C19H28N4O2/c1-5-8-17(24)21-14(4)19-22-15-9-6-7-10-16(15)23(19)12-18(25)20-11-13(2)3/h6-7,9-10,13-14H,5,8,11-12H2,1-4H3,(H,20,25)(H,21,24). The van der Waals surface area contributed by atoms with Crippen molar-refractivity contribution < 1.29 is 9.59 Å². The molecule has 0 aliphatic carbocycles. The Labute approximate surface area is 149 Å². The lowest BCUT2D eigenvalue weighted by Gasteiger charge is -2.16. The van der Waals surface area contributed by atoms with Crippen molar-refractivity contribution in [1.29, 1.82) is 0 Å². The van der Waals surface area contributed by atoms with E-state index < -0.39 is 0 Å². The van der Waals surface area contributed by atoms with Crippen LogP contribution in [0.3, 0.4) is 0 Å². The third-order valence-electron chi connectivity index (χ3n) is 3.94. The van der Waals surface area contributed by atoms with Crippen molar-refractivity contribution in [2.75, 3.05) is 6.54 Å². The molecule has 0 aliphatic rings. The number of benzene rings is 1. The maximum Gasteiger partial charge on any atom is 0.240 e. The predicted molar refractivity (Wildman–Crippen MR) is 99.0 cm³/mol. The fourth-order valence-electron chi connectivity index (χ4n) is 2.71. The fraction of sp³-hybridized carbons (Fsp3) is 0.526. The number of hydrogen-bond acceptors (Lipinski definition) is 3. The Morgan fingerprint density at radius 3 is 2.56 bits per heavy atom. The minimum absolute atomic E-state index is 0.00198. The number of carbonyl (C=O) groups excluding carboxylic acids is 2. The van der Waals surface area contributed by atoms with E-state index in [2.05, 4.69) is 29.5 Å². The quantitative estimate of drug-likeness (QED) is 0.773. The molecule has 25 heavy (non-hydrogen) atoms. The molecule has 0 saturated carbocycles. The van der Waals surface area contributed by atoms with Gasteiger partial charge in [-0.25, -0.2) is 4.98 Å². The molecule has 2 rings (SSSR count). The smallest absolute Gasteiger partial charge is 0.240 e. The van der Waals surface area contributed by atoms with Gasteiger partial charge in [-0.05, 0) is 31.4 Å². The first-order valence-corrected chi connectivity index (χ1v) is 8.93. The molecular formula is C19H28N4O2. The van der Waals surface area contributed by atoms with Crippen LogP contribution in [0.2, 0.25) is 0 Å². The van der Waals surface area contributed by atoms with Gasteiger partial charge in [-0.3, -0.25) is 9.59 Å². The number of amides is 2. The molecule has 2 aromatic rings. The Balaban J connectivity index is 2.26. The predicted octanol–water partition coefficient (Wildman–Crippen LogP) is 2.79. The molecule has 6 nitrogen and oxygen atoms in total. The molecule has 136 valence electrons. The summed E-state index contributed by atoms with van der Waals surface area (Å²) in [6.45, 7) is 8.82. The molecule has 0 saturated heterocycles. The summed E-state index contributed by atoms with van der Waals surface area (Å²) in [4.78, 5) is 28.9. The van der Waals surface area contributed by atoms with Crippen LogP contribution in [-0.4, -0.2) is 27.9 Å². The van der Waals surface area contributed by atoms with E-state index in [-0.39, 0.29) is 24.4 Å². The van der Waals surface area contributed by atoms with Crippen LogP contribution in [-0.2, 0) is 16.1 Å². The van der Waals surface area contributed by atoms with E-state index in [1.54, 1.807) is 0 Å². The number of imidazole rings is 1. The number of hydrogen-bond donors (Lipinski definition) is 2. The van der Waals surface area contributed by atoms with Crippen LogP contribution in [0.15, 0.2) is 24.3 Å². The average Bonchev–Trinajstić information content (AvgIpc) is 2.92. The van der Waals surface area contributed by atoms with Gasteiger partial charge in [0.25, 0.3) is 0 Å². The van der Waals surface area contributed by atoms with Gasteiger partial charge >= 0.3 is 0 Å². The van der Waals surface area contributed by atoms with E-state index in [1.165, 1.54) is 0 Å². The number of nitrogens with zero attached hydrogens (tertiary/aromatic N) is 2. The van der Waals surface area contributed by atoms with E-state index in [1.807, 2.05) is 42.7 Å². The molecule has 6 heteroatoms. The van der Waals surface area contributed by atoms with Gasteiger partial charge in [0.15, 0.2) is 0 Å². The van der Waals surface area contributed by atoms with Gasteiger partial charge < -0.3 is 15.2 Å². The summed E-state index contributed by atoms with van der Waals surface area (Å²) in [7, 11) is 0. The molecule has 1 aromatic heterocycles. The molecule has 2 N–H and O–H groups in total. The van der Waals surface area contributed by atoms with Crippen molar-refractivity contribution in [3.8, 4) is 0 Å². The molecule has 0 bridgehead atoms. The third kappa shape index (κ3) is 5.05. The zero-order valence-electron chi connectivity index (χ0n) is 15.5. The van der Waals surface area contributed by atoms with Crippen LogP contribution in [0.1, 0.15) is 52.4 Å². The van der Waals surface area contributed by atoms with Crippen molar-refractivity contribution >= 4 is 22.8 Å². The largest absolute Gasteiger partial charge is 0.354 e. The van der Waals surface area contributed by atoms with Gasteiger partial charge in [-0.2, -0.15) is 0 Å². The molecule has 0 aliphatic heterocycles. The van der Waals surface area contributed by atoms with Gasteiger partial charge in [-0.15, -0.1) is 0 Å². The Morgan fingerprint density at radius 1 is 1.16 bits per heavy atom. The SMILES string of the molecule is CCCC(=O)NC(C)c1nc2ccccc2n1CC(=O)NCC(C)C. The van der Waals surface area contributed by atoms with Crippen molar-refractivity contribution in [1.82, 2.24) is 20.2 Å². The second-order valence-electron chi connectivity index (χ2n) is 6.78. The van der Waals surface area contributed by atoms with Crippen LogP contribution in [0.5, 0.6) is 0 Å². The van der Waals surface area contributed by atoms with E-state index in [0.717, 1.165) is 17.5 Å². The van der Waals surface area contributed by atoms with Gasteiger partial charge in [-0.1, -0.05) is 32.9 Å². The number of aromatic nitrogens is 2. The second-order valence-corrected chi connectivity index (χ2v) is 6.78. The minimum atomic E-state index is -0.260. The highest BCUT2D eigenvalue weighted by Gasteiger charge is 2.19. The highest BCUT2D eigenvalue weighted by molar-refractivity contribution is 5.81. The maximum absolute atomic E-state index is 12.3. The summed E-state index contributed by atoms with van der Waals surface area (Å²) in [6, 6.07) is 7.45. The highest BCUT2D eigenvalue weighted by atomic mass is 16.2. The first kappa shape index (κ1) is 19.0. The number of rotatable bonds is 8. The van der Waals surface area contributed by atoms with Gasteiger partial charge in [0, 0.05) is 13.0 Å². The molecule has 1 atom stereocenters. The minimum Gasteiger partial charge on any atom is -0.354 e. The monoisotopic (exact) mass is 344 g/mol. The molecular weight excluding hydrogens is 316 g/mol. The lowest BCUT2D eigenvalue weighted by atomic mass is 10.2. The van der Waals surface area contributed by atoms with Gasteiger partial charge in [0.1, 0.15) is 12.4 Å². The van der Waals surface area contributed by atoms with E-state index in [9.17, 15) is 9.59 Å². The lowest BCUT2D eigenvalue weighted by Crippen LogP contribution is -2.33. The van der Waals surface area contributed by atoms with Crippen molar-refractivity contribution in [2.45, 2.75) is 53.1 Å². The Hall–Kier alpha value is -2.37. The molecule has 0 radical (unpaired) electrons. The molecule has 1 aromatic carbocycles. The normalized spacial score (nSPS) is 12.4. The number of para-hydroxylation sites is 2. The topological polar surface area (TPSA) is 76.0 Å². The maximum atomic E-state index is 12.3. The summed E-state index contributed by atoms with van der Waals surface area (Å²) >= 11 is 0. The summed E-state index contributed by atoms with van der Waals surface area (Å²) in [5.41, 5.74) is 1.72. The van der Waals surface area contributed by atoms with Crippen LogP contribution >= 0.6 is 0 Å². The number of nitrogens with one attached hydrogen (secondary N) is 2. The van der Waals surface area contributed by atoms with Crippen molar-refractivity contribution in [3.05, 3.63) is 30.1 Å². The van der Waals surface area contributed by atoms with Crippen LogP contribution in [0, 0.1) is 5.92 Å². The molecule has 2 amide bonds. The third-order valence-corrected chi connectivity index (χ3v) is 3.94. The van der Waals surface area contributed by atoms with Gasteiger partial charge in [0.05, 0.1) is 17.1 Å².